The van der Waals surface area contributed by atoms with Gasteiger partial charge in [0.25, 0.3) is 0 Å². The first kappa shape index (κ1) is 49.1. The summed E-state index contributed by atoms with van der Waals surface area (Å²) in [5, 5.41) is 53.4. The molecule has 1 aliphatic rings. The SMILES string of the molecule is CC/C=C\C/C=C\C/C=C\C/C=C\C/C=C\C/C=C\C/C=C\CCCCCCCC(=O)NC(COC1OC(CO)C(O)C(O)C1O)C(O)/C=C/CCCC. The number of aliphatic hydroxyl groups excluding tert-OH is 5. The fourth-order valence-corrected chi connectivity index (χ4v) is 5.59. The lowest BCUT2D eigenvalue weighted by molar-refractivity contribution is -0.302. The molecule has 1 fully saturated rings. The molecule has 0 aromatic carbocycles. The first-order valence-corrected chi connectivity index (χ1v) is 20.5. The zero-order valence-electron chi connectivity index (χ0n) is 33.2. The predicted molar refractivity (Wildman–Crippen MR) is 221 cm³/mol. The molecule has 1 rings (SSSR count). The van der Waals surface area contributed by atoms with Gasteiger partial charge in [0.15, 0.2) is 6.29 Å². The predicted octanol–water partition coefficient (Wildman–Crippen LogP) is 7.77. The molecule has 7 atom stereocenters. The Hall–Kier alpha value is -2.89. The molecule has 0 aromatic rings. The number of aliphatic hydroxyl groups is 5. The third-order valence-electron chi connectivity index (χ3n) is 8.91. The lowest BCUT2D eigenvalue weighted by Crippen LogP contribution is -2.60. The lowest BCUT2D eigenvalue weighted by atomic mass is 9.99. The van der Waals surface area contributed by atoms with Gasteiger partial charge >= 0.3 is 0 Å². The minimum atomic E-state index is -1.57. The van der Waals surface area contributed by atoms with Crippen LogP contribution in [0, 0.1) is 0 Å². The van der Waals surface area contributed by atoms with Gasteiger partial charge in [-0.1, -0.05) is 143 Å². The molecule has 7 unspecified atom stereocenters. The zero-order valence-corrected chi connectivity index (χ0v) is 33.2. The van der Waals surface area contributed by atoms with Crippen molar-refractivity contribution >= 4 is 5.91 Å². The second kappa shape index (κ2) is 34.6. The van der Waals surface area contributed by atoms with Crippen LogP contribution in [0.25, 0.3) is 0 Å². The van der Waals surface area contributed by atoms with Gasteiger partial charge < -0.3 is 40.3 Å². The largest absolute Gasteiger partial charge is 0.394 e. The van der Waals surface area contributed by atoms with Crippen molar-refractivity contribution in [2.45, 2.75) is 166 Å². The Kier molecular flexibility index (Phi) is 31.5. The van der Waals surface area contributed by atoms with Crippen molar-refractivity contribution in [2.75, 3.05) is 13.2 Å². The number of amides is 1. The van der Waals surface area contributed by atoms with Gasteiger partial charge in [-0.25, -0.2) is 0 Å². The third kappa shape index (κ3) is 25.2. The number of hydrogen-bond donors (Lipinski definition) is 6. The van der Waals surface area contributed by atoms with E-state index in [-0.39, 0.29) is 12.5 Å². The number of allylic oxidation sites excluding steroid dienone is 15. The van der Waals surface area contributed by atoms with Gasteiger partial charge in [-0.15, -0.1) is 0 Å². The van der Waals surface area contributed by atoms with Crippen molar-refractivity contribution in [1.82, 2.24) is 5.32 Å². The molecule has 1 saturated heterocycles. The third-order valence-corrected chi connectivity index (χ3v) is 8.91. The van der Waals surface area contributed by atoms with Crippen LogP contribution < -0.4 is 5.32 Å². The van der Waals surface area contributed by atoms with Crippen molar-refractivity contribution in [3.8, 4) is 0 Å². The van der Waals surface area contributed by atoms with E-state index in [2.05, 4.69) is 104 Å². The van der Waals surface area contributed by atoms with Gasteiger partial charge in [0.2, 0.25) is 5.91 Å². The second-order valence-electron chi connectivity index (χ2n) is 13.7. The summed E-state index contributed by atoms with van der Waals surface area (Å²) in [5.74, 6) is -0.212. The molecule has 0 aromatic heterocycles. The molecule has 0 saturated carbocycles. The minimum Gasteiger partial charge on any atom is -0.394 e. The highest BCUT2D eigenvalue weighted by molar-refractivity contribution is 5.76. The Labute approximate surface area is 326 Å². The fraction of sp³-hybridized carbons (Fsp3) is 0.622. The van der Waals surface area contributed by atoms with Crippen LogP contribution in [0.4, 0.5) is 0 Å². The van der Waals surface area contributed by atoms with E-state index in [1.54, 1.807) is 6.08 Å². The summed E-state index contributed by atoms with van der Waals surface area (Å²) >= 11 is 0. The van der Waals surface area contributed by atoms with E-state index in [0.29, 0.717) is 6.42 Å². The van der Waals surface area contributed by atoms with E-state index < -0.39 is 49.5 Å². The van der Waals surface area contributed by atoms with Crippen LogP contribution in [0.3, 0.4) is 0 Å². The Morgan fingerprint density at radius 1 is 0.648 bits per heavy atom. The average Bonchev–Trinajstić information content (AvgIpc) is 3.17. The van der Waals surface area contributed by atoms with Crippen LogP contribution in [0.5, 0.6) is 0 Å². The second-order valence-corrected chi connectivity index (χ2v) is 13.7. The number of rotatable bonds is 31. The highest BCUT2D eigenvalue weighted by Crippen LogP contribution is 2.22. The maximum atomic E-state index is 12.8. The highest BCUT2D eigenvalue weighted by atomic mass is 16.7. The normalized spacial score (nSPS) is 22.5. The van der Waals surface area contributed by atoms with Crippen LogP contribution >= 0.6 is 0 Å². The molecule has 1 heterocycles. The Balaban J connectivity index is 2.21. The molecule has 1 aliphatic heterocycles. The topological polar surface area (TPSA) is 149 Å². The van der Waals surface area contributed by atoms with Crippen molar-refractivity contribution in [1.29, 1.82) is 0 Å². The summed E-state index contributed by atoms with van der Waals surface area (Å²) in [6, 6.07) is -0.817. The average molecular weight is 756 g/mol. The number of carbonyl (C=O) groups excluding carboxylic acids is 1. The maximum absolute atomic E-state index is 12.8. The van der Waals surface area contributed by atoms with Crippen molar-refractivity contribution < 1.29 is 39.8 Å². The molecule has 0 aliphatic carbocycles. The Bertz CT molecular complexity index is 1150. The fourth-order valence-electron chi connectivity index (χ4n) is 5.59. The van der Waals surface area contributed by atoms with Gasteiger partial charge in [-0.05, 0) is 70.6 Å². The molecule has 0 spiro atoms. The molecule has 306 valence electrons. The summed E-state index contributed by atoms with van der Waals surface area (Å²) in [6.07, 6.45) is 42.3. The number of ether oxygens (including phenoxy) is 2. The van der Waals surface area contributed by atoms with Crippen molar-refractivity contribution in [3.63, 3.8) is 0 Å². The quantitative estimate of drug-likeness (QED) is 0.0311. The molecular weight excluding hydrogens is 682 g/mol. The maximum Gasteiger partial charge on any atom is 0.220 e. The van der Waals surface area contributed by atoms with E-state index in [4.69, 9.17) is 9.47 Å². The van der Waals surface area contributed by atoms with E-state index in [1.165, 1.54) is 0 Å². The zero-order chi connectivity index (χ0) is 39.5. The van der Waals surface area contributed by atoms with E-state index in [9.17, 15) is 30.3 Å². The van der Waals surface area contributed by atoms with Crippen LogP contribution in [0.1, 0.15) is 123 Å². The molecule has 9 nitrogen and oxygen atoms in total. The molecule has 54 heavy (non-hydrogen) atoms. The van der Waals surface area contributed by atoms with Crippen LogP contribution in [0.2, 0.25) is 0 Å². The summed E-state index contributed by atoms with van der Waals surface area (Å²) < 4.78 is 11.0. The summed E-state index contributed by atoms with van der Waals surface area (Å²) in [7, 11) is 0. The number of nitrogens with one attached hydrogen (secondary N) is 1. The van der Waals surface area contributed by atoms with Gasteiger partial charge in [0, 0.05) is 6.42 Å². The molecule has 9 heteroatoms. The first-order valence-electron chi connectivity index (χ1n) is 20.5. The number of hydrogen-bond acceptors (Lipinski definition) is 8. The molecule has 0 radical (unpaired) electrons. The van der Waals surface area contributed by atoms with Crippen LogP contribution in [-0.2, 0) is 14.3 Å². The van der Waals surface area contributed by atoms with Crippen LogP contribution in [-0.4, -0.2) is 87.5 Å². The number of unbranched alkanes of at least 4 members (excludes halogenated alkanes) is 7. The summed E-state index contributed by atoms with van der Waals surface area (Å²) in [6.45, 7) is 3.45. The van der Waals surface area contributed by atoms with Crippen LogP contribution in [0.15, 0.2) is 97.2 Å². The summed E-state index contributed by atoms with van der Waals surface area (Å²) in [5.41, 5.74) is 0. The Morgan fingerprint density at radius 2 is 1.15 bits per heavy atom. The van der Waals surface area contributed by atoms with Gasteiger partial charge in [-0.3, -0.25) is 4.79 Å². The van der Waals surface area contributed by atoms with Gasteiger partial charge in [-0.2, -0.15) is 0 Å². The van der Waals surface area contributed by atoms with Crippen molar-refractivity contribution in [2.24, 2.45) is 0 Å². The molecule has 6 N–H and O–H groups in total. The molecule has 1 amide bonds. The van der Waals surface area contributed by atoms with E-state index in [0.717, 1.165) is 103 Å². The highest BCUT2D eigenvalue weighted by Gasteiger charge is 2.44. The monoisotopic (exact) mass is 756 g/mol. The Morgan fingerprint density at radius 3 is 1.69 bits per heavy atom. The first-order chi connectivity index (χ1) is 26.3. The molecule has 0 bridgehead atoms. The minimum absolute atomic E-state index is 0.207. The van der Waals surface area contributed by atoms with E-state index in [1.807, 2.05) is 6.08 Å². The standard InChI is InChI=1S/C45H73NO8/c1-3-5-7-9-10-11-12-13-14-15-16-17-18-19-20-21-22-23-24-25-26-27-28-29-30-31-33-35-41(49)46-38(39(48)34-32-8-6-4-2)37-53-45-44(52)43(51)42(50)40(36-47)54-45/h5,7,10-11,13-14,16-17,19-20,22-23,25-26,32,34,38-40,42-45,47-48,50-52H,3-4,6,8-9,12,15,18,21,24,27-31,33,35-37H2,1-2H3,(H,46,49)/b7-5-,11-10-,14-13-,17-16-,20-19-,23-22-,26-25-,34-32+. The molecular formula is C45H73NO8. The smallest absolute Gasteiger partial charge is 0.220 e. The number of carbonyl (C=O) groups is 1. The lowest BCUT2D eigenvalue weighted by Gasteiger charge is -2.40. The van der Waals surface area contributed by atoms with E-state index >= 15 is 0 Å². The van der Waals surface area contributed by atoms with Gasteiger partial charge in [0.1, 0.15) is 24.4 Å². The summed E-state index contributed by atoms with van der Waals surface area (Å²) in [4.78, 5) is 12.8. The van der Waals surface area contributed by atoms with Gasteiger partial charge in [0.05, 0.1) is 25.4 Å². The van der Waals surface area contributed by atoms with Crippen molar-refractivity contribution in [3.05, 3.63) is 97.2 Å².